The molecular formula is C24H28ClNO2. The predicted molar refractivity (Wildman–Crippen MR) is 113 cm³/mol. The number of hydrogen-bond donors (Lipinski definition) is 1. The maximum Gasteiger partial charge on any atom is 0.225 e. The maximum absolute atomic E-state index is 13.1. The molecule has 0 aliphatic heterocycles. The molecular weight excluding hydrogens is 370 g/mol. The number of rotatable bonds is 6. The van der Waals surface area contributed by atoms with Crippen molar-refractivity contribution >= 4 is 22.8 Å². The Balaban J connectivity index is 1.92. The lowest BCUT2D eigenvalue weighted by atomic mass is 9.91. The van der Waals surface area contributed by atoms with Gasteiger partial charge in [0, 0.05) is 11.8 Å². The van der Waals surface area contributed by atoms with E-state index in [0.717, 1.165) is 23.1 Å². The van der Waals surface area contributed by atoms with Crippen molar-refractivity contribution in [2.24, 2.45) is 11.8 Å². The van der Waals surface area contributed by atoms with E-state index in [4.69, 9.17) is 11.6 Å². The summed E-state index contributed by atoms with van der Waals surface area (Å²) in [7, 11) is 0. The van der Waals surface area contributed by atoms with Crippen LogP contribution in [0.5, 0.6) is 0 Å². The minimum Gasteiger partial charge on any atom is -0.345 e. The summed E-state index contributed by atoms with van der Waals surface area (Å²) in [5, 5.41) is 2.82. The SMILES string of the molecule is Cc1ccccc1[C@H](NC(=O)[C@@H]1CCC[C@@H]1C(=O)Cl)c1ccc(C(C)C)cc1. The van der Waals surface area contributed by atoms with Crippen molar-refractivity contribution in [3.8, 4) is 0 Å². The second-order valence-electron chi connectivity index (χ2n) is 8.07. The number of halogens is 1. The van der Waals surface area contributed by atoms with Crippen LogP contribution in [-0.4, -0.2) is 11.1 Å². The van der Waals surface area contributed by atoms with Crippen LogP contribution in [0.2, 0.25) is 0 Å². The van der Waals surface area contributed by atoms with Gasteiger partial charge in [0.2, 0.25) is 11.1 Å². The molecule has 2 aromatic rings. The molecule has 28 heavy (non-hydrogen) atoms. The summed E-state index contributed by atoms with van der Waals surface area (Å²) < 4.78 is 0. The van der Waals surface area contributed by atoms with Crippen molar-refractivity contribution in [3.63, 3.8) is 0 Å². The third kappa shape index (κ3) is 4.47. The van der Waals surface area contributed by atoms with Gasteiger partial charge in [-0.2, -0.15) is 0 Å². The fraction of sp³-hybridized carbons (Fsp3) is 0.417. The van der Waals surface area contributed by atoms with Gasteiger partial charge in [0.05, 0.1) is 6.04 Å². The number of amides is 1. The Hall–Kier alpha value is -2.13. The molecule has 2 aromatic carbocycles. The Kier molecular flexibility index (Phi) is 6.56. The molecule has 1 saturated carbocycles. The second-order valence-corrected chi connectivity index (χ2v) is 8.44. The number of benzene rings is 2. The Morgan fingerprint density at radius 3 is 2.18 bits per heavy atom. The van der Waals surface area contributed by atoms with Crippen LogP contribution in [-0.2, 0) is 9.59 Å². The van der Waals surface area contributed by atoms with Crippen molar-refractivity contribution in [2.45, 2.75) is 52.0 Å². The van der Waals surface area contributed by atoms with Crippen LogP contribution in [0, 0.1) is 18.8 Å². The summed E-state index contributed by atoms with van der Waals surface area (Å²) in [6, 6.07) is 16.3. The van der Waals surface area contributed by atoms with Gasteiger partial charge in [0.15, 0.2) is 0 Å². The monoisotopic (exact) mass is 397 g/mol. The van der Waals surface area contributed by atoms with Crippen LogP contribution in [0.4, 0.5) is 0 Å². The van der Waals surface area contributed by atoms with Crippen molar-refractivity contribution < 1.29 is 9.59 Å². The van der Waals surface area contributed by atoms with Gasteiger partial charge in [-0.1, -0.05) is 68.8 Å². The molecule has 3 rings (SSSR count). The van der Waals surface area contributed by atoms with Crippen LogP contribution in [0.25, 0.3) is 0 Å². The predicted octanol–water partition coefficient (Wildman–Crippen LogP) is 5.51. The Labute approximate surface area is 172 Å². The number of aryl methyl sites for hydroxylation is 1. The molecule has 0 unspecified atom stereocenters. The third-order valence-electron chi connectivity index (χ3n) is 5.87. The topological polar surface area (TPSA) is 46.2 Å². The van der Waals surface area contributed by atoms with Crippen molar-refractivity contribution in [1.82, 2.24) is 5.32 Å². The van der Waals surface area contributed by atoms with E-state index in [0.29, 0.717) is 18.8 Å². The van der Waals surface area contributed by atoms with E-state index in [-0.39, 0.29) is 23.8 Å². The van der Waals surface area contributed by atoms with Crippen molar-refractivity contribution in [3.05, 3.63) is 70.8 Å². The quantitative estimate of drug-likeness (QED) is 0.653. The van der Waals surface area contributed by atoms with E-state index in [9.17, 15) is 9.59 Å². The molecule has 1 aliphatic carbocycles. The van der Waals surface area contributed by atoms with Crippen LogP contribution < -0.4 is 5.32 Å². The second kappa shape index (κ2) is 8.91. The minimum atomic E-state index is -0.397. The minimum absolute atomic E-state index is 0.0855. The first-order valence-electron chi connectivity index (χ1n) is 10.0. The lowest BCUT2D eigenvalue weighted by Crippen LogP contribution is -2.37. The molecule has 3 nitrogen and oxygen atoms in total. The average Bonchev–Trinajstić information content (AvgIpc) is 3.17. The van der Waals surface area contributed by atoms with Gasteiger partial charge in [-0.3, -0.25) is 9.59 Å². The highest BCUT2D eigenvalue weighted by molar-refractivity contribution is 6.64. The highest BCUT2D eigenvalue weighted by atomic mass is 35.5. The highest BCUT2D eigenvalue weighted by Crippen LogP contribution is 2.35. The summed E-state index contributed by atoms with van der Waals surface area (Å²) in [5.41, 5.74) is 4.50. The first kappa shape index (κ1) is 20.6. The van der Waals surface area contributed by atoms with Crippen LogP contribution in [0.1, 0.15) is 67.3 Å². The van der Waals surface area contributed by atoms with Crippen molar-refractivity contribution in [1.29, 1.82) is 0 Å². The molecule has 0 aromatic heterocycles. The van der Waals surface area contributed by atoms with Gasteiger partial charge < -0.3 is 5.32 Å². The Bertz CT molecular complexity index is 844. The zero-order valence-electron chi connectivity index (χ0n) is 16.7. The molecule has 1 N–H and O–H groups in total. The van der Waals surface area contributed by atoms with Gasteiger partial charge in [0.25, 0.3) is 0 Å². The standard InChI is InChI=1S/C24H28ClNO2/c1-15(2)17-11-13-18(14-12-17)22(19-8-5-4-7-16(19)3)26-24(28)21-10-6-9-20(21)23(25)27/h4-5,7-8,11-15,20-22H,6,9-10H2,1-3H3,(H,26,28)/t20-,21+,22+/m0/s1. The number of carbonyl (C=O) groups excluding carboxylic acids is 2. The zero-order chi connectivity index (χ0) is 20.3. The van der Waals surface area contributed by atoms with E-state index in [1.165, 1.54) is 5.56 Å². The van der Waals surface area contributed by atoms with E-state index in [1.807, 2.05) is 12.1 Å². The number of carbonyl (C=O) groups is 2. The molecule has 148 valence electrons. The maximum atomic E-state index is 13.1. The average molecular weight is 398 g/mol. The van der Waals surface area contributed by atoms with Gasteiger partial charge in [0.1, 0.15) is 0 Å². The van der Waals surface area contributed by atoms with E-state index in [1.54, 1.807) is 0 Å². The molecule has 4 heteroatoms. The normalized spacial score (nSPS) is 20.2. The summed E-state index contributed by atoms with van der Waals surface area (Å²) >= 11 is 5.75. The summed E-state index contributed by atoms with van der Waals surface area (Å²) in [5.74, 6) is -0.346. The molecule has 0 spiro atoms. The molecule has 1 fully saturated rings. The first-order chi connectivity index (χ1) is 13.4. The molecule has 0 radical (unpaired) electrons. The number of nitrogens with one attached hydrogen (secondary N) is 1. The third-order valence-corrected chi connectivity index (χ3v) is 6.15. The van der Waals surface area contributed by atoms with Gasteiger partial charge in [-0.25, -0.2) is 0 Å². The van der Waals surface area contributed by atoms with Gasteiger partial charge >= 0.3 is 0 Å². The molecule has 0 bridgehead atoms. The molecule has 0 saturated heterocycles. The lowest BCUT2D eigenvalue weighted by Gasteiger charge is -2.25. The molecule has 1 amide bonds. The summed E-state index contributed by atoms with van der Waals surface area (Å²) in [4.78, 5) is 24.8. The van der Waals surface area contributed by atoms with E-state index >= 15 is 0 Å². The molecule has 3 atom stereocenters. The Morgan fingerprint density at radius 2 is 1.57 bits per heavy atom. The van der Waals surface area contributed by atoms with Crippen LogP contribution in [0.15, 0.2) is 48.5 Å². The smallest absolute Gasteiger partial charge is 0.225 e. The number of hydrogen-bond acceptors (Lipinski definition) is 2. The highest BCUT2D eigenvalue weighted by Gasteiger charge is 2.37. The zero-order valence-corrected chi connectivity index (χ0v) is 17.5. The molecule has 0 heterocycles. The fourth-order valence-electron chi connectivity index (χ4n) is 4.12. The summed E-state index contributed by atoms with van der Waals surface area (Å²) in [6.07, 6.45) is 2.26. The van der Waals surface area contributed by atoms with Crippen LogP contribution >= 0.6 is 11.6 Å². The fourth-order valence-corrected chi connectivity index (χ4v) is 4.38. The van der Waals surface area contributed by atoms with Gasteiger partial charge in [-0.15, -0.1) is 0 Å². The first-order valence-corrected chi connectivity index (χ1v) is 10.4. The van der Waals surface area contributed by atoms with Crippen molar-refractivity contribution in [2.75, 3.05) is 0 Å². The van der Waals surface area contributed by atoms with Crippen LogP contribution in [0.3, 0.4) is 0 Å². The van der Waals surface area contributed by atoms with E-state index < -0.39 is 5.24 Å². The Morgan fingerprint density at radius 1 is 0.964 bits per heavy atom. The summed E-state index contributed by atoms with van der Waals surface area (Å²) in [6.45, 7) is 6.38. The molecule has 1 aliphatic rings. The largest absolute Gasteiger partial charge is 0.345 e. The van der Waals surface area contributed by atoms with E-state index in [2.05, 4.69) is 62.5 Å². The van der Waals surface area contributed by atoms with Gasteiger partial charge in [-0.05, 0) is 59.5 Å². The lowest BCUT2D eigenvalue weighted by molar-refractivity contribution is -0.130.